The van der Waals surface area contributed by atoms with Crippen molar-refractivity contribution in [2.75, 3.05) is 20.3 Å². The average molecular weight is 371 g/mol. The van der Waals surface area contributed by atoms with E-state index in [1.807, 2.05) is 11.0 Å². The minimum atomic E-state index is -0.963. The van der Waals surface area contributed by atoms with Gasteiger partial charge in [-0.15, -0.1) is 0 Å². The maximum absolute atomic E-state index is 12.4. The normalized spacial score (nSPS) is 13.4. The Balaban J connectivity index is 1.63. The first-order chi connectivity index (χ1) is 13.1. The third kappa shape index (κ3) is 4.74. The second-order valence-electron chi connectivity index (χ2n) is 6.77. The summed E-state index contributed by atoms with van der Waals surface area (Å²) in [6, 6.07) is 6.71. The van der Waals surface area contributed by atoms with E-state index in [1.165, 1.54) is 0 Å². The van der Waals surface area contributed by atoms with Crippen LogP contribution in [0.5, 0.6) is 0 Å². The molecule has 7 nitrogen and oxygen atoms in total. The van der Waals surface area contributed by atoms with Crippen molar-refractivity contribution >= 4 is 11.9 Å². The lowest BCUT2D eigenvalue weighted by Gasteiger charge is -2.26. The number of benzene rings is 1. The number of carbonyl (C=O) groups is 2. The molecule has 0 fully saturated rings. The van der Waals surface area contributed by atoms with Gasteiger partial charge in [0, 0.05) is 38.7 Å². The number of aromatic carboxylic acids is 1. The molecule has 0 radical (unpaired) electrons. The molecule has 2 aromatic rings. The third-order valence-electron chi connectivity index (χ3n) is 4.81. The van der Waals surface area contributed by atoms with Crippen molar-refractivity contribution in [3.63, 3.8) is 0 Å². The molecule has 2 N–H and O–H groups in total. The highest BCUT2D eigenvalue weighted by atomic mass is 16.5. The minimum Gasteiger partial charge on any atom is -0.478 e. The summed E-state index contributed by atoms with van der Waals surface area (Å²) in [5.41, 5.74) is 2.85. The second kappa shape index (κ2) is 8.81. The Labute approximate surface area is 158 Å². The lowest BCUT2D eigenvalue weighted by atomic mass is 10.1. The minimum absolute atomic E-state index is 0.169. The van der Waals surface area contributed by atoms with Crippen LogP contribution in [0.3, 0.4) is 0 Å². The van der Waals surface area contributed by atoms with Crippen molar-refractivity contribution in [1.82, 2.24) is 14.9 Å². The molecule has 3 rings (SSSR count). The average Bonchev–Trinajstić information content (AvgIpc) is 3.11. The van der Waals surface area contributed by atoms with Crippen molar-refractivity contribution in [2.24, 2.45) is 0 Å². The molecule has 27 heavy (non-hydrogen) atoms. The molecule has 0 atom stereocenters. The molecule has 0 aliphatic carbocycles. The Morgan fingerprint density at radius 1 is 1.30 bits per heavy atom. The van der Waals surface area contributed by atoms with Crippen LogP contribution in [0.15, 0.2) is 24.3 Å². The molecule has 1 aliphatic rings. The van der Waals surface area contributed by atoms with E-state index >= 15 is 0 Å². The van der Waals surface area contributed by atoms with Crippen LogP contribution in [-0.4, -0.2) is 52.1 Å². The molecule has 7 heteroatoms. The number of H-pyrrole nitrogens is 1. The van der Waals surface area contributed by atoms with Gasteiger partial charge >= 0.3 is 5.97 Å². The number of carbonyl (C=O) groups excluding carboxylic acids is 1. The van der Waals surface area contributed by atoms with Gasteiger partial charge in [-0.2, -0.15) is 0 Å². The summed E-state index contributed by atoms with van der Waals surface area (Å²) in [6.07, 6.45) is 4.11. The maximum Gasteiger partial charge on any atom is 0.335 e. The van der Waals surface area contributed by atoms with Crippen molar-refractivity contribution in [3.8, 4) is 11.4 Å². The van der Waals surface area contributed by atoms with E-state index in [1.54, 1.807) is 25.3 Å². The summed E-state index contributed by atoms with van der Waals surface area (Å²) in [5, 5.41) is 9.15. The molecule has 0 spiro atoms. The van der Waals surface area contributed by atoms with Crippen LogP contribution >= 0.6 is 0 Å². The first kappa shape index (κ1) is 19.1. The van der Waals surface area contributed by atoms with E-state index in [0.717, 1.165) is 42.8 Å². The summed E-state index contributed by atoms with van der Waals surface area (Å²) in [6.45, 7) is 1.93. The molecule has 1 aromatic carbocycles. The van der Waals surface area contributed by atoms with Gasteiger partial charge in [0.1, 0.15) is 5.82 Å². The number of nitrogens with zero attached hydrogens (tertiary/aromatic N) is 2. The van der Waals surface area contributed by atoms with Crippen molar-refractivity contribution in [2.45, 2.75) is 38.6 Å². The van der Waals surface area contributed by atoms with Crippen LogP contribution in [0.1, 0.15) is 47.4 Å². The molecule has 1 amide bonds. The zero-order valence-corrected chi connectivity index (χ0v) is 15.5. The number of carboxylic acids is 1. The summed E-state index contributed by atoms with van der Waals surface area (Å²) in [5.74, 6) is -0.144. The van der Waals surface area contributed by atoms with Crippen LogP contribution in [-0.2, 0) is 22.5 Å². The van der Waals surface area contributed by atoms with Crippen molar-refractivity contribution < 1.29 is 19.4 Å². The Morgan fingerprint density at radius 2 is 2.15 bits per heavy atom. The van der Waals surface area contributed by atoms with Crippen LogP contribution in [0.25, 0.3) is 11.4 Å². The number of fused-ring (bicyclic) bond motifs is 1. The smallest absolute Gasteiger partial charge is 0.335 e. The molecule has 0 bridgehead atoms. The van der Waals surface area contributed by atoms with Crippen LogP contribution < -0.4 is 0 Å². The lowest BCUT2D eigenvalue weighted by Crippen LogP contribution is -2.35. The van der Waals surface area contributed by atoms with Gasteiger partial charge in [-0.3, -0.25) is 4.79 Å². The van der Waals surface area contributed by atoms with Crippen LogP contribution in [0.4, 0.5) is 0 Å². The van der Waals surface area contributed by atoms with Crippen LogP contribution in [0, 0.1) is 0 Å². The molecule has 2 heterocycles. The fraction of sp³-hybridized carbons (Fsp3) is 0.450. The molecule has 0 unspecified atom stereocenters. The Morgan fingerprint density at radius 3 is 2.93 bits per heavy atom. The van der Waals surface area contributed by atoms with Gasteiger partial charge in [0.15, 0.2) is 0 Å². The number of hydrogen-bond donors (Lipinski definition) is 2. The van der Waals surface area contributed by atoms with Gasteiger partial charge in [0.05, 0.1) is 23.5 Å². The molecule has 0 saturated heterocycles. The van der Waals surface area contributed by atoms with Gasteiger partial charge in [-0.05, 0) is 25.0 Å². The van der Waals surface area contributed by atoms with Gasteiger partial charge < -0.3 is 19.7 Å². The van der Waals surface area contributed by atoms with Crippen molar-refractivity contribution in [1.29, 1.82) is 0 Å². The zero-order valence-electron chi connectivity index (χ0n) is 15.5. The number of methoxy groups -OCH3 is 1. The Kier molecular flexibility index (Phi) is 6.24. The SMILES string of the molecule is COCCCCCC(=O)N1CCc2nc(-c3cccc(C(=O)O)c3)[nH]c2C1. The third-order valence-corrected chi connectivity index (χ3v) is 4.81. The number of unbranched alkanes of at least 4 members (excludes halogenated alkanes) is 2. The zero-order chi connectivity index (χ0) is 19.2. The summed E-state index contributed by atoms with van der Waals surface area (Å²) in [7, 11) is 1.69. The summed E-state index contributed by atoms with van der Waals surface area (Å²) in [4.78, 5) is 33.3. The largest absolute Gasteiger partial charge is 0.478 e. The van der Waals surface area contributed by atoms with Gasteiger partial charge in [-0.25, -0.2) is 9.78 Å². The predicted octanol–water partition coefficient (Wildman–Crippen LogP) is 2.87. The number of ether oxygens (including phenoxy) is 1. The second-order valence-corrected chi connectivity index (χ2v) is 6.77. The van der Waals surface area contributed by atoms with Gasteiger partial charge in [-0.1, -0.05) is 18.6 Å². The number of nitrogens with one attached hydrogen (secondary N) is 1. The van der Waals surface area contributed by atoms with E-state index in [4.69, 9.17) is 9.84 Å². The van der Waals surface area contributed by atoms with E-state index in [9.17, 15) is 9.59 Å². The van der Waals surface area contributed by atoms with Gasteiger partial charge in [0.2, 0.25) is 5.91 Å². The fourth-order valence-corrected chi connectivity index (χ4v) is 3.30. The number of carboxylic acid groups (broad SMARTS) is 1. The van der Waals surface area contributed by atoms with E-state index in [-0.39, 0.29) is 11.5 Å². The van der Waals surface area contributed by atoms with E-state index < -0.39 is 5.97 Å². The van der Waals surface area contributed by atoms with Crippen LogP contribution in [0.2, 0.25) is 0 Å². The Hall–Kier alpha value is -2.67. The summed E-state index contributed by atoms with van der Waals surface area (Å²) >= 11 is 0. The monoisotopic (exact) mass is 371 g/mol. The van der Waals surface area contributed by atoms with Crippen molar-refractivity contribution in [3.05, 3.63) is 41.2 Å². The predicted molar refractivity (Wildman–Crippen MR) is 100 cm³/mol. The molecular formula is C20H25N3O4. The summed E-state index contributed by atoms with van der Waals surface area (Å²) < 4.78 is 5.02. The number of aromatic nitrogens is 2. The quantitative estimate of drug-likeness (QED) is 0.696. The highest BCUT2D eigenvalue weighted by Crippen LogP contribution is 2.24. The highest BCUT2D eigenvalue weighted by molar-refractivity contribution is 5.89. The highest BCUT2D eigenvalue weighted by Gasteiger charge is 2.23. The number of rotatable bonds is 8. The fourth-order valence-electron chi connectivity index (χ4n) is 3.30. The topological polar surface area (TPSA) is 95.5 Å². The maximum atomic E-state index is 12.4. The van der Waals surface area contributed by atoms with E-state index in [0.29, 0.717) is 31.8 Å². The number of hydrogen-bond acceptors (Lipinski definition) is 4. The first-order valence-corrected chi connectivity index (χ1v) is 9.26. The standard InChI is InChI=1S/C20H25N3O4/c1-27-11-4-2-3-8-18(24)23-10-9-16-17(13-23)22-19(21-16)14-6-5-7-15(12-14)20(25)26/h5-7,12H,2-4,8-11,13H2,1H3,(H,21,22)(H,25,26). The molecule has 0 saturated carbocycles. The van der Waals surface area contributed by atoms with E-state index in [2.05, 4.69) is 9.97 Å². The molecule has 1 aliphatic heterocycles. The Bertz CT molecular complexity index is 815. The number of imidazole rings is 1. The molecular weight excluding hydrogens is 346 g/mol. The lowest BCUT2D eigenvalue weighted by molar-refractivity contribution is -0.132. The molecule has 1 aromatic heterocycles. The number of aromatic amines is 1. The molecule has 144 valence electrons. The first-order valence-electron chi connectivity index (χ1n) is 9.26. The number of amides is 1. The van der Waals surface area contributed by atoms with Gasteiger partial charge in [0.25, 0.3) is 0 Å².